The maximum absolute atomic E-state index is 12.6. The van der Waals surface area contributed by atoms with Crippen LogP contribution in [0.25, 0.3) is 6.08 Å². The molecule has 7 heteroatoms. The van der Waals surface area contributed by atoms with Crippen LogP contribution in [0.15, 0.2) is 66.1 Å². The van der Waals surface area contributed by atoms with Gasteiger partial charge in [0.15, 0.2) is 0 Å². The maximum atomic E-state index is 12.6. The molecule has 6 nitrogen and oxygen atoms in total. The van der Waals surface area contributed by atoms with Crippen molar-refractivity contribution in [2.24, 2.45) is 0 Å². The van der Waals surface area contributed by atoms with E-state index in [1.165, 1.54) is 0 Å². The van der Waals surface area contributed by atoms with Gasteiger partial charge in [-0.1, -0.05) is 36.9 Å². The van der Waals surface area contributed by atoms with Gasteiger partial charge < -0.3 is 10.1 Å². The molecule has 1 N–H and O–H groups in total. The summed E-state index contributed by atoms with van der Waals surface area (Å²) in [4.78, 5) is 38.3. The van der Waals surface area contributed by atoms with Crippen LogP contribution in [-0.4, -0.2) is 35.1 Å². The lowest BCUT2D eigenvalue weighted by molar-refractivity contribution is -0.127. The van der Waals surface area contributed by atoms with Crippen molar-refractivity contribution in [2.75, 3.05) is 18.5 Å². The average Bonchev–Trinajstić information content (AvgIpc) is 2.95. The topological polar surface area (TPSA) is 75.7 Å². The number of anilines is 1. The molecule has 3 rings (SSSR count). The predicted octanol–water partition coefficient (Wildman–Crippen LogP) is 4.23. The molecule has 1 saturated heterocycles. The van der Waals surface area contributed by atoms with Crippen LogP contribution < -0.4 is 10.1 Å². The number of hydrogen-bond acceptors (Lipinski definition) is 5. The molecular formula is C22H20N2O4S. The van der Waals surface area contributed by atoms with Gasteiger partial charge in [-0.15, -0.1) is 0 Å². The molecular weight excluding hydrogens is 388 g/mol. The molecule has 148 valence electrons. The van der Waals surface area contributed by atoms with Crippen molar-refractivity contribution >= 4 is 40.6 Å². The summed E-state index contributed by atoms with van der Waals surface area (Å²) in [7, 11) is 0. The van der Waals surface area contributed by atoms with E-state index in [-0.39, 0.29) is 11.4 Å². The number of nitrogens with zero attached hydrogens (tertiary/aromatic N) is 1. The van der Waals surface area contributed by atoms with Gasteiger partial charge in [0.1, 0.15) is 18.9 Å². The highest BCUT2D eigenvalue weighted by atomic mass is 32.2. The summed E-state index contributed by atoms with van der Waals surface area (Å²) in [5.74, 6) is -0.225. The largest absolute Gasteiger partial charge is 0.490 e. The number of rotatable bonds is 7. The number of carbonyl (C=O) groups is 3. The van der Waals surface area contributed by atoms with Crippen LogP contribution in [0.2, 0.25) is 0 Å². The highest BCUT2D eigenvalue weighted by molar-refractivity contribution is 8.18. The fraction of sp³-hybridized carbons (Fsp3) is 0.136. The van der Waals surface area contributed by atoms with Crippen LogP contribution in [0.1, 0.15) is 11.1 Å². The lowest BCUT2D eigenvalue weighted by Gasteiger charge is -2.12. The summed E-state index contributed by atoms with van der Waals surface area (Å²) < 4.78 is 5.42. The van der Waals surface area contributed by atoms with Gasteiger partial charge in [0.25, 0.3) is 11.1 Å². The van der Waals surface area contributed by atoms with Gasteiger partial charge in [-0.05, 0) is 60.2 Å². The molecule has 0 aromatic heterocycles. The normalized spacial score (nSPS) is 14.9. The second-order valence-electron chi connectivity index (χ2n) is 6.35. The molecule has 2 aromatic rings. The Hall–Kier alpha value is -3.32. The highest BCUT2D eigenvalue weighted by Crippen LogP contribution is 2.32. The summed E-state index contributed by atoms with van der Waals surface area (Å²) in [5.41, 5.74) is 2.37. The zero-order chi connectivity index (χ0) is 20.8. The molecule has 0 bridgehead atoms. The minimum Gasteiger partial charge on any atom is -0.490 e. The fourth-order valence-electron chi connectivity index (χ4n) is 2.67. The number of hydrogen-bond donors (Lipinski definition) is 1. The van der Waals surface area contributed by atoms with E-state index in [9.17, 15) is 14.4 Å². The van der Waals surface area contributed by atoms with Crippen molar-refractivity contribution in [1.82, 2.24) is 4.90 Å². The molecule has 1 heterocycles. The van der Waals surface area contributed by atoms with E-state index < -0.39 is 17.1 Å². The Bertz CT molecular complexity index is 983. The Labute approximate surface area is 173 Å². The molecule has 0 atom stereocenters. The van der Waals surface area contributed by atoms with E-state index in [1.54, 1.807) is 42.5 Å². The first-order chi connectivity index (χ1) is 14.0. The quantitative estimate of drug-likeness (QED) is 0.548. The fourth-order valence-corrected chi connectivity index (χ4v) is 3.51. The first-order valence-corrected chi connectivity index (χ1v) is 9.73. The molecule has 1 aliphatic heterocycles. The molecule has 0 aliphatic carbocycles. The zero-order valence-corrected chi connectivity index (χ0v) is 16.7. The van der Waals surface area contributed by atoms with Crippen molar-refractivity contribution in [1.29, 1.82) is 0 Å². The molecule has 2 aromatic carbocycles. The van der Waals surface area contributed by atoms with Crippen LogP contribution in [-0.2, 0) is 9.59 Å². The molecule has 29 heavy (non-hydrogen) atoms. The lowest BCUT2D eigenvalue weighted by atomic mass is 10.2. The van der Waals surface area contributed by atoms with Crippen molar-refractivity contribution in [2.45, 2.75) is 6.92 Å². The number of amides is 3. The van der Waals surface area contributed by atoms with Gasteiger partial charge >= 0.3 is 0 Å². The number of benzene rings is 2. The SMILES string of the molecule is C=CCOc1ccc(/C=C2/SC(=O)N(CC(=O)Nc3cccc(C)c3)C2=O)cc1. The lowest BCUT2D eigenvalue weighted by Crippen LogP contribution is -2.36. The van der Waals surface area contributed by atoms with Crippen molar-refractivity contribution in [3.8, 4) is 5.75 Å². The van der Waals surface area contributed by atoms with Crippen LogP contribution in [0.5, 0.6) is 5.75 Å². The van der Waals surface area contributed by atoms with E-state index in [4.69, 9.17) is 4.74 Å². The van der Waals surface area contributed by atoms with Crippen LogP contribution >= 0.6 is 11.8 Å². The van der Waals surface area contributed by atoms with Crippen molar-refractivity contribution in [3.05, 3.63) is 77.2 Å². The second-order valence-corrected chi connectivity index (χ2v) is 7.35. The van der Waals surface area contributed by atoms with Gasteiger partial charge in [0.05, 0.1) is 4.91 Å². The third-order valence-corrected chi connectivity index (χ3v) is 4.93. The van der Waals surface area contributed by atoms with E-state index in [1.807, 2.05) is 25.1 Å². The van der Waals surface area contributed by atoms with Crippen LogP contribution in [0, 0.1) is 6.92 Å². The third kappa shape index (κ3) is 5.36. The smallest absolute Gasteiger partial charge is 0.294 e. The summed E-state index contributed by atoms with van der Waals surface area (Å²) in [6.45, 7) is 5.58. The summed E-state index contributed by atoms with van der Waals surface area (Å²) in [6, 6.07) is 14.4. The molecule has 0 radical (unpaired) electrons. The van der Waals surface area contributed by atoms with E-state index in [0.29, 0.717) is 18.0 Å². The van der Waals surface area contributed by atoms with E-state index in [2.05, 4.69) is 11.9 Å². The Morgan fingerprint density at radius 2 is 1.97 bits per heavy atom. The Kier molecular flexibility index (Phi) is 6.51. The Morgan fingerprint density at radius 3 is 2.66 bits per heavy atom. The third-order valence-electron chi connectivity index (χ3n) is 4.02. The van der Waals surface area contributed by atoms with Gasteiger partial charge in [0, 0.05) is 5.69 Å². The first kappa shape index (κ1) is 20.4. The van der Waals surface area contributed by atoms with Gasteiger partial charge in [0.2, 0.25) is 5.91 Å². The Morgan fingerprint density at radius 1 is 1.21 bits per heavy atom. The molecule has 0 spiro atoms. The minimum absolute atomic E-state index is 0.276. The first-order valence-electron chi connectivity index (χ1n) is 8.92. The molecule has 1 aliphatic rings. The summed E-state index contributed by atoms with van der Waals surface area (Å²) in [6.07, 6.45) is 3.28. The molecule has 0 unspecified atom stereocenters. The van der Waals surface area contributed by atoms with Gasteiger partial charge in [-0.25, -0.2) is 0 Å². The van der Waals surface area contributed by atoms with Crippen LogP contribution in [0.3, 0.4) is 0 Å². The predicted molar refractivity (Wildman–Crippen MR) is 115 cm³/mol. The maximum Gasteiger partial charge on any atom is 0.294 e. The molecule has 3 amide bonds. The van der Waals surface area contributed by atoms with Gasteiger partial charge in [-0.2, -0.15) is 0 Å². The zero-order valence-electron chi connectivity index (χ0n) is 15.9. The number of carbonyl (C=O) groups excluding carboxylic acids is 3. The van der Waals surface area contributed by atoms with E-state index in [0.717, 1.165) is 27.8 Å². The number of aryl methyl sites for hydroxylation is 1. The number of ether oxygens (including phenoxy) is 1. The standard InChI is InChI=1S/C22H20N2O4S/c1-3-11-28-18-9-7-16(8-10-18)13-19-21(26)24(22(27)29-19)14-20(25)23-17-6-4-5-15(2)12-17/h3-10,12-13H,1,11,14H2,2H3,(H,23,25)/b19-13+. The molecule has 0 saturated carbocycles. The summed E-state index contributed by atoms with van der Waals surface area (Å²) in [5, 5.41) is 2.24. The molecule has 1 fully saturated rings. The number of imide groups is 1. The van der Waals surface area contributed by atoms with E-state index >= 15 is 0 Å². The second kappa shape index (κ2) is 9.25. The van der Waals surface area contributed by atoms with Crippen molar-refractivity contribution in [3.63, 3.8) is 0 Å². The average molecular weight is 408 g/mol. The highest BCUT2D eigenvalue weighted by Gasteiger charge is 2.36. The minimum atomic E-state index is -0.480. The van der Waals surface area contributed by atoms with Crippen molar-refractivity contribution < 1.29 is 19.1 Å². The Balaban J connectivity index is 1.65. The van der Waals surface area contributed by atoms with Crippen LogP contribution in [0.4, 0.5) is 10.5 Å². The number of thioether (sulfide) groups is 1. The number of nitrogens with one attached hydrogen (secondary N) is 1. The summed E-state index contributed by atoms with van der Waals surface area (Å²) >= 11 is 0.819. The van der Waals surface area contributed by atoms with Gasteiger partial charge in [-0.3, -0.25) is 19.3 Å². The monoisotopic (exact) mass is 408 g/mol.